The van der Waals surface area contributed by atoms with Crippen molar-refractivity contribution in [3.8, 4) is 0 Å². The molecule has 0 amide bonds. The van der Waals surface area contributed by atoms with Crippen LogP contribution in [0.25, 0.3) is 0 Å². The van der Waals surface area contributed by atoms with Crippen LogP contribution in [0.3, 0.4) is 0 Å². The molecular weight excluding hydrogens is 151 g/mol. The van der Waals surface area contributed by atoms with Gasteiger partial charge < -0.3 is 4.55 Å². The predicted octanol–water partition coefficient (Wildman–Crippen LogP) is 2.70. The second kappa shape index (κ2) is 3.03. The van der Waals surface area contributed by atoms with E-state index in [1.54, 1.807) is 13.0 Å². The van der Waals surface area contributed by atoms with Crippen molar-refractivity contribution in [3.05, 3.63) is 29.6 Å². The number of benzene rings is 1. The summed E-state index contributed by atoms with van der Waals surface area (Å²) in [6, 6.07) is 4.47. The first-order valence-electron chi connectivity index (χ1n) is 2.81. The lowest BCUT2D eigenvalue weighted by molar-refractivity contribution is 0.616. The van der Waals surface area contributed by atoms with Crippen molar-refractivity contribution in [1.29, 1.82) is 0 Å². The molecule has 0 radical (unpaired) electrons. The first kappa shape index (κ1) is 7.57. The molecule has 1 aromatic carbocycles. The molecule has 0 bridgehead atoms. The summed E-state index contributed by atoms with van der Waals surface area (Å²) in [6.45, 7) is 1.66. The Hall–Kier alpha value is -0.540. The molecule has 3 heteroatoms. The van der Waals surface area contributed by atoms with E-state index >= 15 is 0 Å². The Labute approximate surface area is 63.1 Å². The standard InChI is InChI=1S/C7H7FOS/c1-5-4-6(10-9)2-3-7(5)8/h2-4,9H,1H3. The predicted molar refractivity (Wildman–Crippen MR) is 39.6 cm³/mol. The maximum Gasteiger partial charge on any atom is 0.126 e. The Morgan fingerprint density at radius 3 is 2.70 bits per heavy atom. The molecule has 0 heterocycles. The van der Waals surface area contributed by atoms with E-state index in [1.165, 1.54) is 12.1 Å². The van der Waals surface area contributed by atoms with E-state index in [1.807, 2.05) is 0 Å². The molecule has 1 aromatic rings. The molecule has 0 spiro atoms. The fourth-order valence-electron chi connectivity index (χ4n) is 0.674. The summed E-state index contributed by atoms with van der Waals surface area (Å²) in [7, 11) is 0. The molecule has 0 aliphatic rings. The highest BCUT2D eigenvalue weighted by Gasteiger charge is 1.97. The lowest BCUT2D eigenvalue weighted by Gasteiger charge is -1.96. The number of hydrogen-bond donors (Lipinski definition) is 1. The lowest BCUT2D eigenvalue weighted by Crippen LogP contribution is -1.80. The van der Waals surface area contributed by atoms with Crippen molar-refractivity contribution in [3.63, 3.8) is 0 Å². The van der Waals surface area contributed by atoms with Gasteiger partial charge in [-0.2, -0.15) is 0 Å². The highest BCUT2D eigenvalue weighted by molar-refractivity contribution is 7.93. The molecule has 0 fully saturated rings. The molecule has 0 saturated heterocycles. The quantitative estimate of drug-likeness (QED) is 0.634. The molecule has 0 saturated carbocycles. The van der Waals surface area contributed by atoms with Crippen LogP contribution in [0.4, 0.5) is 4.39 Å². The van der Waals surface area contributed by atoms with Gasteiger partial charge in [0.2, 0.25) is 0 Å². The monoisotopic (exact) mass is 158 g/mol. The molecule has 0 aliphatic carbocycles. The molecule has 10 heavy (non-hydrogen) atoms. The van der Waals surface area contributed by atoms with Crippen molar-refractivity contribution >= 4 is 12.0 Å². The van der Waals surface area contributed by atoms with Gasteiger partial charge in [0.15, 0.2) is 0 Å². The fourth-order valence-corrected chi connectivity index (χ4v) is 1.03. The zero-order valence-electron chi connectivity index (χ0n) is 5.47. The van der Waals surface area contributed by atoms with E-state index in [4.69, 9.17) is 4.55 Å². The molecule has 1 rings (SSSR count). The molecule has 54 valence electrons. The van der Waals surface area contributed by atoms with Gasteiger partial charge in [-0.05, 0) is 30.7 Å². The first-order chi connectivity index (χ1) is 4.74. The minimum absolute atomic E-state index is 0.238. The van der Waals surface area contributed by atoms with Crippen molar-refractivity contribution in [2.75, 3.05) is 0 Å². The van der Waals surface area contributed by atoms with Crippen molar-refractivity contribution in [2.45, 2.75) is 11.8 Å². The van der Waals surface area contributed by atoms with E-state index < -0.39 is 0 Å². The Morgan fingerprint density at radius 1 is 1.50 bits per heavy atom. The van der Waals surface area contributed by atoms with Crippen LogP contribution >= 0.6 is 12.0 Å². The van der Waals surface area contributed by atoms with Gasteiger partial charge in [0, 0.05) is 16.9 Å². The first-order valence-corrected chi connectivity index (χ1v) is 3.59. The van der Waals surface area contributed by atoms with E-state index in [2.05, 4.69) is 0 Å². The Balaban J connectivity index is 3.04. The van der Waals surface area contributed by atoms with Crippen LogP contribution in [0.2, 0.25) is 0 Å². The molecular formula is C7H7FOS. The molecule has 0 aliphatic heterocycles. The van der Waals surface area contributed by atoms with Crippen LogP contribution in [0.15, 0.2) is 23.1 Å². The van der Waals surface area contributed by atoms with Gasteiger partial charge in [-0.3, -0.25) is 0 Å². The van der Waals surface area contributed by atoms with Gasteiger partial charge in [0.1, 0.15) is 5.82 Å². The zero-order chi connectivity index (χ0) is 7.56. The molecule has 1 nitrogen and oxygen atoms in total. The van der Waals surface area contributed by atoms with Crippen LogP contribution < -0.4 is 0 Å². The summed E-state index contributed by atoms with van der Waals surface area (Å²) in [5, 5.41) is 0. The van der Waals surface area contributed by atoms with Gasteiger partial charge in [-0.25, -0.2) is 4.39 Å². The minimum atomic E-state index is -0.238. The van der Waals surface area contributed by atoms with Crippen LogP contribution in [0, 0.1) is 12.7 Å². The summed E-state index contributed by atoms with van der Waals surface area (Å²) in [4.78, 5) is 0.666. The lowest BCUT2D eigenvalue weighted by atomic mass is 10.2. The normalized spacial score (nSPS) is 9.90. The highest BCUT2D eigenvalue weighted by Crippen LogP contribution is 2.16. The van der Waals surface area contributed by atoms with Crippen molar-refractivity contribution < 1.29 is 8.94 Å². The second-order valence-corrected chi connectivity index (χ2v) is 2.66. The van der Waals surface area contributed by atoms with Gasteiger partial charge >= 0.3 is 0 Å². The number of aryl methyl sites for hydroxylation is 1. The third kappa shape index (κ3) is 1.49. The number of halogens is 1. The number of hydrogen-bond acceptors (Lipinski definition) is 2. The topological polar surface area (TPSA) is 20.2 Å². The third-order valence-corrected chi connectivity index (χ3v) is 1.70. The average Bonchev–Trinajstić information content (AvgIpc) is 1.95. The molecule has 1 N–H and O–H groups in total. The highest BCUT2D eigenvalue weighted by atomic mass is 32.2. The average molecular weight is 158 g/mol. The van der Waals surface area contributed by atoms with Gasteiger partial charge in [-0.1, -0.05) is 0 Å². The smallest absolute Gasteiger partial charge is 0.126 e. The Morgan fingerprint density at radius 2 is 2.20 bits per heavy atom. The SMILES string of the molecule is Cc1cc(SO)ccc1F. The Kier molecular flexibility index (Phi) is 2.29. The summed E-state index contributed by atoms with van der Waals surface area (Å²) >= 11 is 0.625. The van der Waals surface area contributed by atoms with Gasteiger partial charge in [0.05, 0.1) is 0 Å². The van der Waals surface area contributed by atoms with Crippen molar-refractivity contribution in [1.82, 2.24) is 0 Å². The Bertz CT molecular complexity index is 237. The minimum Gasteiger partial charge on any atom is -0.325 e. The molecule has 0 atom stereocenters. The maximum atomic E-state index is 12.5. The summed E-state index contributed by atoms with van der Waals surface area (Å²) in [5.74, 6) is -0.238. The van der Waals surface area contributed by atoms with E-state index in [0.717, 1.165) is 0 Å². The van der Waals surface area contributed by atoms with Crippen LogP contribution in [-0.2, 0) is 0 Å². The van der Waals surface area contributed by atoms with E-state index in [0.29, 0.717) is 22.5 Å². The van der Waals surface area contributed by atoms with E-state index in [9.17, 15) is 4.39 Å². The molecule has 0 unspecified atom stereocenters. The summed E-state index contributed by atoms with van der Waals surface area (Å²) in [5.41, 5.74) is 0.555. The van der Waals surface area contributed by atoms with Gasteiger partial charge in [0.25, 0.3) is 0 Å². The molecule has 0 aromatic heterocycles. The van der Waals surface area contributed by atoms with Crippen molar-refractivity contribution in [2.24, 2.45) is 0 Å². The van der Waals surface area contributed by atoms with Crippen LogP contribution in [-0.4, -0.2) is 4.55 Å². The second-order valence-electron chi connectivity index (χ2n) is 2.00. The van der Waals surface area contributed by atoms with Crippen LogP contribution in [0.1, 0.15) is 5.56 Å². The summed E-state index contributed by atoms with van der Waals surface area (Å²) in [6.07, 6.45) is 0. The fraction of sp³-hybridized carbons (Fsp3) is 0.143. The van der Waals surface area contributed by atoms with Gasteiger partial charge in [-0.15, -0.1) is 0 Å². The van der Waals surface area contributed by atoms with E-state index in [-0.39, 0.29) is 5.82 Å². The largest absolute Gasteiger partial charge is 0.325 e. The summed E-state index contributed by atoms with van der Waals surface area (Å²) < 4.78 is 21.1. The zero-order valence-corrected chi connectivity index (χ0v) is 6.28. The number of rotatable bonds is 1. The maximum absolute atomic E-state index is 12.5. The van der Waals surface area contributed by atoms with Crippen LogP contribution in [0.5, 0.6) is 0 Å². The third-order valence-electron chi connectivity index (χ3n) is 1.23.